The van der Waals surface area contributed by atoms with E-state index in [-0.39, 0.29) is 29.3 Å². The summed E-state index contributed by atoms with van der Waals surface area (Å²) in [5.74, 6) is -1.08. The lowest BCUT2D eigenvalue weighted by Crippen LogP contribution is -2.41. The number of anilines is 1. The summed E-state index contributed by atoms with van der Waals surface area (Å²) < 4.78 is 58.0. The van der Waals surface area contributed by atoms with Crippen molar-refractivity contribution in [1.29, 1.82) is 0 Å². The lowest BCUT2D eigenvalue weighted by Gasteiger charge is -2.29. The second-order valence-corrected chi connectivity index (χ2v) is 7.76. The molecule has 13 heteroatoms. The smallest absolute Gasteiger partial charge is 0.493 e. The van der Waals surface area contributed by atoms with E-state index in [1.807, 2.05) is 0 Å². The summed E-state index contributed by atoms with van der Waals surface area (Å²) in [7, 11) is 1.22. The summed E-state index contributed by atoms with van der Waals surface area (Å²) in [5, 5.41) is 11.6. The summed E-state index contributed by atoms with van der Waals surface area (Å²) in [6.45, 7) is 1.77. The van der Waals surface area contributed by atoms with Crippen molar-refractivity contribution in [2.75, 3.05) is 12.4 Å². The molecule has 0 radical (unpaired) electrons. The average molecular weight is 518 g/mol. The van der Waals surface area contributed by atoms with Crippen molar-refractivity contribution in [1.82, 2.24) is 10.2 Å². The molecule has 0 bridgehead atoms. The number of alkyl halides is 3. The molecule has 4 rings (SSSR count). The van der Waals surface area contributed by atoms with Crippen LogP contribution in [0.5, 0.6) is 11.5 Å². The van der Waals surface area contributed by atoms with Crippen LogP contribution in [0.3, 0.4) is 0 Å². The molecule has 194 valence electrons. The van der Waals surface area contributed by atoms with Crippen LogP contribution in [-0.4, -0.2) is 47.5 Å². The minimum absolute atomic E-state index is 0.0111. The average Bonchev–Trinajstić information content (AvgIpc) is 3.40. The van der Waals surface area contributed by atoms with E-state index in [0.717, 1.165) is 11.1 Å². The molecule has 0 spiro atoms. The summed E-state index contributed by atoms with van der Waals surface area (Å²) in [4.78, 5) is 24.7. The number of halogens is 3. The molecule has 0 saturated heterocycles. The summed E-state index contributed by atoms with van der Waals surface area (Å²) >= 11 is 0. The van der Waals surface area contributed by atoms with Gasteiger partial charge in [-0.1, -0.05) is 24.2 Å². The van der Waals surface area contributed by atoms with Crippen molar-refractivity contribution >= 4 is 23.4 Å². The highest BCUT2D eigenvalue weighted by atomic mass is 19.4. The van der Waals surface area contributed by atoms with E-state index in [2.05, 4.69) is 20.3 Å². The number of carbonyl (C=O) groups is 2. The van der Waals surface area contributed by atoms with Gasteiger partial charge in [0.2, 0.25) is 5.76 Å². The normalized spacial score (nSPS) is 15.6. The van der Waals surface area contributed by atoms with Gasteiger partial charge in [-0.05, 0) is 42.3 Å². The van der Waals surface area contributed by atoms with Gasteiger partial charge in [0, 0.05) is 17.3 Å². The first-order valence-electron chi connectivity index (χ1n) is 11.0. The largest absolute Gasteiger partial charge is 0.573 e. The molecule has 0 fully saturated rings. The molecular formula is C24H21F3N4O6. The van der Waals surface area contributed by atoms with Crippen molar-refractivity contribution in [3.63, 3.8) is 0 Å². The molecule has 1 aromatic heterocycles. The third kappa shape index (κ3) is 6.18. The zero-order valence-corrected chi connectivity index (χ0v) is 19.6. The SMILES string of the molecule is CCC1OC(=O)N(Cc2ccc(NC(=O)c3ccno3)cc2)N=C1c1ccc(OC)c(OC(F)(F)F)c1. The summed E-state index contributed by atoms with van der Waals surface area (Å²) in [6, 6.07) is 12.0. The van der Waals surface area contributed by atoms with Crippen molar-refractivity contribution in [3.8, 4) is 11.5 Å². The molecule has 1 aliphatic heterocycles. The van der Waals surface area contributed by atoms with Gasteiger partial charge in [-0.2, -0.15) is 10.1 Å². The standard InChI is InChI=1S/C24H21F3N4O6/c1-3-17-21(15-6-9-18(34-2)20(12-15)36-24(25,26)27)30-31(23(33)35-17)13-14-4-7-16(8-5-14)29-22(32)19-10-11-28-37-19/h4-12,17H,3,13H2,1-2H3,(H,29,32). The number of carbonyl (C=O) groups excluding carboxylic acids is 2. The zero-order valence-electron chi connectivity index (χ0n) is 19.6. The van der Waals surface area contributed by atoms with E-state index < -0.39 is 30.2 Å². The molecule has 2 heterocycles. The minimum Gasteiger partial charge on any atom is -0.493 e. The van der Waals surface area contributed by atoms with Gasteiger partial charge in [0.05, 0.1) is 19.9 Å². The number of amides is 2. The number of benzene rings is 2. The first kappa shape index (κ1) is 25.5. The van der Waals surface area contributed by atoms with Gasteiger partial charge < -0.3 is 24.1 Å². The topological polar surface area (TPSA) is 115 Å². The fraction of sp³-hybridized carbons (Fsp3) is 0.250. The number of methoxy groups -OCH3 is 1. The van der Waals surface area contributed by atoms with Crippen LogP contribution in [0.25, 0.3) is 0 Å². The highest BCUT2D eigenvalue weighted by molar-refractivity contribution is 6.06. The molecule has 0 aliphatic carbocycles. The molecule has 2 amide bonds. The van der Waals surface area contributed by atoms with Crippen molar-refractivity contribution in [3.05, 3.63) is 71.6 Å². The summed E-state index contributed by atoms with van der Waals surface area (Å²) in [5.41, 5.74) is 1.67. The van der Waals surface area contributed by atoms with Gasteiger partial charge >= 0.3 is 12.5 Å². The van der Waals surface area contributed by atoms with Gasteiger partial charge in [0.1, 0.15) is 11.8 Å². The van der Waals surface area contributed by atoms with E-state index in [0.29, 0.717) is 17.7 Å². The Hall–Kier alpha value is -4.55. The fourth-order valence-corrected chi connectivity index (χ4v) is 3.53. The van der Waals surface area contributed by atoms with Crippen molar-refractivity contribution in [2.24, 2.45) is 5.10 Å². The van der Waals surface area contributed by atoms with Crippen LogP contribution in [0.15, 0.2) is 64.4 Å². The first-order chi connectivity index (χ1) is 17.7. The van der Waals surface area contributed by atoms with E-state index in [9.17, 15) is 22.8 Å². The molecule has 1 unspecified atom stereocenters. The van der Waals surface area contributed by atoms with Crippen LogP contribution in [0.2, 0.25) is 0 Å². The second-order valence-electron chi connectivity index (χ2n) is 7.76. The molecule has 10 nitrogen and oxygen atoms in total. The molecular weight excluding hydrogens is 497 g/mol. The number of cyclic esters (lactones) is 1. The van der Waals surface area contributed by atoms with Crippen LogP contribution in [0.4, 0.5) is 23.7 Å². The Balaban J connectivity index is 1.55. The van der Waals surface area contributed by atoms with Crippen LogP contribution in [0.1, 0.15) is 35.0 Å². The van der Waals surface area contributed by atoms with Crippen LogP contribution in [-0.2, 0) is 11.3 Å². The molecule has 1 aliphatic rings. The number of hydrogen-bond acceptors (Lipinski definition) is 8. The van der Waals surface area contributed by atoms with E-state index in [1.165, 1.54) is 31.5 Å². The maximum atomic E-state index is 12.9. The number of ether oxygens (including phenoxy) is 3. The second kappa shape index (κ2) is 10.6. The molecule has 1 atom stereocenters. The fourth-order valence-electron chi connectivity index (χ4n) is 3.53. The lowest BCUT2D eigenvalue weighted by molar-refractivity contribution is -0.275. The molecule has 37 heavy (non-hydrogen) atoms. The van der Waals surface area contributed by atoms with Gasteiger partial charge in [-0.3, -0.25) is 4.79 Å². The Kier molecular flexibility index (Phi) is 7.32. The number of hydrogen-bond donors (Lipinski definition) is 1. The highest BCUT2D eigenvalue weighted by Gasteiger charge is 2.34. The van der Waals surface area contributed by atoms with Gasteiger partial charge in [0.15, 0.2) is 11.5 Å². The number of nitrogens with zero attached hydrogens (tertiary/aromatic N) is 3. The zero-order chi connectivity index (χ0) is 26.6. The number of aromatic nitrogens is 1. The van der Waals surface area contributed by atoms with Crippen molar-refractivity contribution < 1.29 is 41.5 Å². The maximum absolute atomic E-state index is 12.9. The Labute approximate surface area is 208 Å². The predicted octanol–water partition coefficient (Wildman–Crippen LogP) is 4.97. The Morgan fingerprint density at radius 1 is 1.14 bits per heavy atom. The number of hydrazone groups is 1. The maximum Gasteiger partial charge on any atom is 0.573 e. The summed E-state index contributed by atoms with van der Waals surface area (Å²) in [6.07, 6.45) is -4.71. The first-order valence-corrected chi connectivity index (χ1v) is 11.0. The van der Waals surface area contributed by atoms with E-state index in [4.69, 9.17) is 14.0 Å². The Morgan fingerprint density at radius 3 is 2.51 bits per heavy atom. The number of nitrogens with one attached hydrogen (secondary N) is 1. The highest BCUT2D eigenvalue weighted by Crippen LogP contribution is 2.34. The van der Waals surface area contributed by atoms with E-state index in [1.54, 1.807) is 31.2 Å². The van der Waals surface area contributed by atoms with Crippen molar-refractivity contribution in [2.45, 2.75) is 32.4 Å². The van der Waals surface area contributed by atoms with Crippen LogP contribution < -0.4 is 14.8 Å². The molecule has 0 saturated carbocycles. The van der Waals surface area contributed by atoms with E-state index >= 15 is 0 Å². The Morgan fingerprint density at radius 2 is 1.89 bits per heavy atom. The predicted molar refractivity (Wildman–Crippen MR) is 123 cm³/mol. The number of rotatable bonds is 8. The van der Waals surface area contributed by atoms with Gasteiger partial charge in [-0.25, -0.2) is 4.79 Å². The van der Waals surface area contributed by atoms with Gasteiger partial charge in [0.25, 0.3) is 5.91 Å². The van der Waals surface area contributed by atoms with Gasteiger partial charge in [-0.15, -0.1) is 13.2 Å². The third-order valence-corrected chi connectivity index (χ3v) is 5.25. The Bertz CT molecular complexity index is 1290. The quantitative estimate of drug-likeness (QED) is 0.448. The van der Waals surface area contributed by atoms with Crippen LogP contribution >= 0.6 is 0 Å². The van der Waals surface area contributed by atoms with Crippen LogP contribution in [0, 0.1) is 0 Å². The molecule has 3 aromatic rings. The lowest BCUT2D eigenvalue weighted by atomic mass is 10.0. The molecule has 2 aromatic carbocycles. The third-order valence-electron chi connectivity index (χ3n) is 5.25. The monoisotopic (exact) mass is 518 g/mol. The minimum atomic E-state index is -4.93. The molecule has 1 N–H and O–H groups in total.